The fourth-order valence-electron chi connectivity index (χ4n) is 5.71. The average Bonchev–Trinajstić information content (AvgIpc) is 3.33. The molecule has 1 aromatic heterocycles. The van der Waals surface area contributed by atoms with E-state index in [0.29, 0.717) is 6.54 Å². The van der Waals surface area contributed by atoms with Crippen molar-refractivity contribution in [3.05, 3.63) is 119 Å². The molecule has 1 N–H and O–H groups in total. The normalized spacial score (nSPS) is 16.6. The fraction of sp³-hybridized carbons (Fsp3) is 0.258. The maximum atomic E-state index is 14.1. The van der Waals surface area contributed by atoms with Crippen LogP contribution in [0.15, 0.2) is 85.1 Å². The Morgan fingerprint density at radius 2 is 1.69 bits per heavy atom. The predicted octanol–water partition coefficient (Wildman–Crippen LogP) is 7.06. The maximum absolute atomic E-state index is 14.1. The number of carbonyl (C=O) groups excluding carboxylic acids is 1. The van der Waals surface area contributed by atoms with Crippen LogP contribution < -0.4 is 5.32 Å². The van der Waals surface area contributed by atoms with Gasteiger partial charge in [0.2, 0.25) is 0 Å². The SMILES string of the molecule is CCc1ccc([C@H]2c3cccn3-c3ccccc3CN2C(=O)Nc2cccc3c2CCCC3)cc1. The monoisotopic (exact) mass is 461 g/mol. The van der Waals surface area contributed by atoms with Crippen molar-refractivity contribution in [2.45, 2.75) is 51.6 Å². The Morgan fingerprint density at radius 3 is 2.54 bits per heavy atom. The smallest absolute Gasteiger partial charge is 0.318 e. The van der Waals surface area contributed by atoms with E-state index in [-0.39, 0.29) is 12.1 Å². The van der Waals surface area contributed by atoms with Crippen LogP contribution >= 0.6 is 0 Å². The van der Waals surface area contributed by atoms with E-state index in [9.17, 15) is 4.79 Å². The van der Waals surface area contributed by atoms with E-state index < -0.39 is 0 Å². The van der Waals surface area contributed by atoms with E-state index in [4.69, 9.17) is 0 Å². The third-order valence-electron chi connectivity index (χ3n) is 7.57. The van der Waals surface area contributed by atoms with Crippen LogP contribution in [0.25, 0.3) is 5.69 Å². The summed E-state index contributed by atoms with van der Waals surface area (Å²) in [5.74, 6) is 0. The van der Waals surface area contributed by atoms with Gasteiger partial charge in [-0.25, -0.2) is 4.79 Å². The van der Waals surface area contributed by atoms with E-state index in [1.165, 1.54) is 29.5 Å². The Hall–Kier alpha value is -3.79. The van der Waals surface area contributed by atoms with Crippen LogP contribution in [0, 0.1) is 0 Å². The van der Waals surface area contributed by atoms with Crippen LogP contribution in [0.4, 0.5) is 10.5 Å². The summed E-state index contributed by atoms with van der Waals surface area (Å²) in [6, 6.07) is 27.4. The second-order valence-electron chi connectivity index (χ2n) is 9.64. The molecule has 2 amide bonds. The number of nitrogens with zero attached hydrogens (tertiary/aromatic N) is 2. The van der Waals surface area contributed by atoms with E-state index in [1.54, 1.807) is 0 Å². The van der Waals surface area contributed by atoms with Gasteiger partial charge in [0.05, 0.1) is 18.3 Å². The molecule has 2 aliphatic rings. The van der Waals surface area contributed by atoms with Crippen LogP contribution in [0.2, 0.25) is 0 Å². The maximum Gasteiger partial charge on any atom is 0.322 e. The van der Waals surface area contributed by atoms with Gasteiger partial charge in [-0.05, 0) is 84.2 Å². The lowest BCUT2D eigenvalue weighted by Crippen LogP contribution is -2.38. The van der Waals surface area contributed by atoms with Gasteiger partial charge >= 0.3 is 6.03 Å². The third kappa shape index (κ3) is 3.93. The zero-order chi connectivity index (χ0) is 23.8. The average molecular weight is 462 g/mol. The number of anilines is 1. The van der Waals surface area contributed by atoms with Crippen molar-refractivity contribution >= 4 is 11.7 Å². The summed E-state index contributed by atoms with van der Waals surface area (Å²) in [6.07, 6.45) is 7.62. The Bertz CT molecular complexity index is 1370. The molecule has 4 nitrogen and oxygen atoms in total. The van der Waals surface area contributed by atoms with Crippen molar-refractivity contribution in [2.24, 2.45) is 0 Å². The molecule has 3 aromatic carbocycles. The Labute approximate surface area is 207 Å². The highest BCUT2D eigenvalue weighted by atomic mass is 16.2. The molecule has 1 aliphatic carbocycles. The number of para-hydroxylation sites is 1. The summed E-state index contributed by atoms with van der Waals surface area (Å²) in [5, 5.41) is 3.32. The first-order valence-electron chi connectivity index (χ1n) is 12.8. The third-order valence-corrected chi connectivity index (χ3v) is 7.57. The summed E-state index contributed by atoms with van der Waals surface area (Å²) >= 11 is 0. The number of carbonyl (C=O) groups is 1. The van der Waals surface area contributed by atoms with Crippen molar-refractivity contribution in [1.29, 1.82) is 0 Å². The number of rotatable bonds is 3. The molecule has 2 heterocycles. The number of fused-ring (bicyclic) bond motifs is 4. The minimum absolute atomic E-state index is 0.0574. The minimum atomic E-state index is -0.192. The highest BCUT2D eigenvalue weighted by molar-refractivity contribution is 5.91. The zero-order valence-corrected chi connectivity index (χ0v) is 20.2. The number of urea groups is 1. The molecular weight excluding hydrogens is 430 g/mol. The lowest BCUT2D eigenvalue weighted by molar-refractivity contribution is 0.194. The largest absolute Gasteiger partial charge is 0.322 e. The molecule has 0 fully saturated rings. The van der Waals surface area contributed by atoms with E-state index in [1.807, 2.05) is 4.90 Å². The summed E-state index contributed by atoms with van der Waals surface area (Å²) in [4.78, 5) is 16.1. The van der Waals surface area contributed by atoms with Crippen LogP contribution in [-0.4, -0.2) is 15.5 Å². The molecular formula is C31H31N3O. The first-order chi connectivity index (χ1) is 17.2. The molecule has 4 heteroatoms. The molecule has 0 unspecified atom stereocenters. The lowest BCUT2D eigenvalue weighted by atomic mass is 9.90. The van der Waals surface area contributed by atoms with Gasteiger partial charge in [-0.2, -0.15) is 0 Å². The number of nitrogens with one attached hydrogen (secondary N) is 1. The highest BCUT2D eigenvalue weighted by Crippen LogP contribution is 2.37. The number of aryl methyl sites for hydroxylation is 2. The minimum Gasteiger partial charge on any atom is -0.318 e. The quantitative estimate of drug-likeness (QED) is 0.348. The molecule has 0 radical (unpaired) electrons. The Morgan fingerprint density at radius 1 is 0.886 bits per heavy atom. The standard InChI is InChI=1S/C31H31N3O/c1-2-22-16-18-24(19-17-22)30-29-15-8-20-33(29)28-14-6-4-10-25(28)21-34(30)31(35)32-27-13-7-11-23-9-3-5-12-26(23)27/h4,6-8,10-11,13-20,30H,2-3,5,9,12,21H2,1H3,(H,32,35)/t30-/m0/s1. The van der Waals surface area contributed by atoms with E-state index >= 15 is 0 Å². The van der Waals surface area contributed by atoms with Crippen LogP contribution in [0.3, 0.4) is 0 Å². The van der Waals surface area contributed by atoms with Gasteiger partial charge in [-0.3, -0.25) is 0 Å². The summed E-state index contributed by atoms with van der Waals surface area (Å²) in [5.41, 5.74) is 9.43. The highest BCUT2D eigenvalue weighted by Gasteiger charge is 2.33. The van der Waals surface area contributed by atoms with Crippen LogP contribution in [-0.2, 0) is 25.8 Å². The van der Waals surface area contributed by atoms with Crippen LogP contribution in [0.5, 0.6) is 0 Å². The van der Waals surface area contributed by atoms with E-state index in [0.717, 1.165) is 47.5 Å². The van der Waals surface area contributed by atoms with Gasteiger partial charge < -0.3 is 14.8 Å². The molecule has 0 saturated carbocycles. The fourth-order valence-corrected chi connectivity index (χ4v) is 5.71. The Balaban J connectivity index is 1.44. The van der Waals surface area contributed by atoms with Gasteiger partial charge in [-0.1, -0.05) is 61.5 Å². The van der Waals surface area contributed by atoms with Crippen molar-refractivity contribution in [3.63, 3.8) is 0 Å². The molecule has 4 aromatic rings. The number of amides is 2. The number of benzene rings is 3. The number of hydrogen-bond acceptors (Lipinski definition) is 1. The first-order valence-corrected chi connectivity index (χ1v) is 12.8. The van der Waals surface area contributed by atoms with Gasteiger partial charge in [-0.15, -0.1) is 0 Å². The summed E-state index contributed by atoms with van der Waals surface area (Å²) < 4.78 is 2.24. The van der Waals surface area contributed by atoms with Gasteiger partial charge in [0.25, 0.3) is 0 Å². The Kier molecular flexibility index (Phi) is 5.65. The predicted molar refractivity (Wildman–Crippen MR) is 141 cm³/mol. The van der Waals surface area contributed by atoms with Crippen molar-refractivity contribution in [2.75, 3.05) is 5.32 Å². The van der Waals surface area contributed by atoms with Crippen molar-refractivity contribution in [3.8, 4) is 5.69 Å². The molecule has 176 valence electrons. The molecule has 6 rings (SSSR count). The van der Waals surface area contributed by atoms with Gasteiger partial charge in [0, 0.05) is 17.6 Å². The van der Waals surface area contributed by atoms with Crippen LogP contribution in [0.1, 0.15) is 59.3 Å². The molecule has 1 aliphatic heterocycles. The molecule has 35 heavy (non-hydrogen) atoms. The van der Waals surface area contributed by atoms with Gasteiger partial charge in [0.1, 0.15) is 0 Å². The van der Waals surface area contributed by atoms with Crippen molar-refractivity contribution < 1.29 is 4.79 Å². The molecule has 0 spiro atoms. The zero-order valence-electron chi connectivity index (χ0n) is 20.2. The topological polar surface area (TPSA) is 37.3 Å². The second kappa shape index (κ2) is 9.10. The van der Waals surface area contributed by atoms with Gasteiger partial charge in [0.15, 0.2) is 0 Å². The molecule has 0 bridgehead atoms. The van der Waals surface area contributed by atoms with Crippen molar-refractivity contribution in [1.82, 2.24) is 9.47 Å². The lowest BCUT2D eigenvalue weighted by Gasteiger charge is -2.31. The molecule has 0 saturated heterocycles. The first kappa shape index (κ1) is 21.7. The van der Waals surface area contributed by atoms with E-state index in [2.05, 4.69) is 102 Å². The summed E-state index contributed by atoms with van der Waals surface area (Å²) in [6.45, 7) is 2.71. The second-order valence-corrected chi connectivity index (χ2v) is 9.64. The number of hydrogen-bond donors (Lipinski definition) is 1. The number of aromatic nitrogens is 1. The molecule has 1 atom stereocenters. The summed E-state index contributed by atoms with van der Waals surface area (Å²) in [7, 11) is 0.